The average Bonchev–Trinajstić information content (AvgIpc) is 3.26. The quantitative estimate of drug-likeness (QED) is 0.812. The Balaban J connectivity index is 2.10. The number of carbonyl (C=O) groups excluding carboxylic acids is 1. The number of halogens is 1. The second-order valence-electron chi connectivity index (χ2n) is 5.21. The van der Waals surface area contributed by atoms with Gasteiger partial charge in [0, 0.05) is 17.1 Å². The Labute approximate surface area is 132 Å². The van der Waals surface area contributed by atoms with Crippen LogP contribution in [-0.4, -0.2) is 34.6 Å². The number of carbonyl (C=O) groups is 2. The molecule has 1 aliphatic rings. The van der Waals surface area contributed by atoms with Crippen molar-refractivity contribution >= 4 is 33.6 Å². The number of nitrogens with zero attached hydrogens (tertiary/aromatic N) is 1. The van der Waals surface area contributed by atoms with Gasteiger partial charge in [-0.1, -0.05) is 13.3 Å². The van der Waals surface area contributed by atoms with E-state index in [1.165, 1.54) is 12.1 Å². The number of hydrogen-bond acceptors (Lipinski definition) is 2. The Hall–Kier alpha value is -1.56. The third-order valence-electron chi connectivity index (χ3n) is 3.46. The maximum atomic E-state index is 12.4. The van der Waals surface area contributed by atoms with E-state index in [9.17, 15) is 9.59 Å². The fourth-order valence-electron chi connectivity index (χ4n) is 2.11. The number of benzene rings is 1. The molecule has 1 aliphatic carbocycles. The monoisotopic (exact) mass is 354 g/mol. The summed E-state index contributed by atoms with van der Waals surface area (Å²) in [7, 11) is 0. The zero-order valence-corrected chi connectivity index (χ0v) is 13.5. The summed E-state index contributed by atoms with van der Waals surface area (Å²) >= 11 is 3.34. The molecular weight excluding hydrogens is 336 g/mol. The number of rotatable bonds is 6. The molecule has 2 N–H and O–H groups in total. The lowest BCUT2D eigenvalue weighted by Crippen LogP contribution is -2.37. The molecule has 0 unspecified atom stereocenters. The number of amides is 2. The molecule has 6 heteroatoms. The average molecular weight is 355 g/mol. The topological polar surface area (TPSA) is 69.6 Å². The minimum absolute atomic E-state index is 0.153. The van der Waals surface area contributed by atoms with Gasteiger partial charge in [0.25, 0.3) is 0 Å². The summed E-state index contributed by atoms with van der Waals surface area (Å²) in [6.07, 6.45) is 4.11. The molecule has 0 bridgehead atoms. The molecule has 0 aromatic heterocycles. The highest BCUT2D eigenvalue weighted by atomic mass is 79.9. The summed E-state index contributed by atoms with van der Waals surface area (Å²) in [5.74, 6) is -1.01. The molecule has 1 saturated carbocycles. The van der Waals surface area contributed by atoms with Crippen molar-refractivity contribution < 1.29 is 14.7 Å². The molecule has 5 nitrogen and oxygen atoms in total. The van der Waals surface area contributed by atoms with Gasteiger partial charge in [-0.15, -0.1) is 0 Å². The Morgan fingerprint density at radius 2 is 2.14 bits per heavy atom. The van der Waals surface area contributed by atoms with Crippen molar-refractivity contribution in [2.75, 3.05) is 11.9 Å². The van der Waals surface area contributed by atoms with E-state index in [4.69, 9.17) is 5.11 Å². The second kappa shape index (κ2) is 6.93. The Morgan fingerprint density at radius 1 is 1.43 bits per heavy atom. The summed E-state index contributed by atoms with van der Waals surface area (Å²) in [6, 6.07) is 4.77. The molecule has 1 fully saturated rings. The molecule has 2 amide bonds. The third-order valence-corrected chi connectivity index (χ3v) is 4.15. The smallest absolute Gasteiger partial charge is 0.335 e. The molecule has 0 aliphatic heterocycles. The van der Waals surface area contributed by atoms with Crippen LogP contribution in [0.3, 0.4) is 0 Å². The maximum Gasteiger partial charge on any atom is 0.335 e. The van der Waals surface area contributed by atoms with Crippen molar-refractivity contribution in [2.24, 2.45) is 0 Å². The van der Waals surface area contributed by atoms with Gasteiger partial charge in [0.1, 0.15) is 0 Å². The van der Waals surface area contributed by atoms with Crippen molar-refractivity contribution in [3.63, 3.8) is 0 Å². The van der Waals surface area contributed by atoms with Crippen molar-refractivity contribution in [1.29, 1.82) is 0 Å². The van der Waals surface area contributed by atoms with Gasteiger partial charge in [-0.05, 0) is 53.4 Å². The van der Waals surface area contributed by atoms with Crippen LogP contribution in [0.25, 0.3) is 0 Å². The number of anilines is 1. The predicted molar refractivity (Wildman–Crippen MR) is 84.8 cm³/mol. The van der Waals surface area contributed by atoms with Crippen LogP contribution in [0.4, 0.5) is 10.5 Å². The van der Waals surface area contributed by atoms with E-state index >= 15 is 0 Å². The van der Waals surface area contributed by atoms with E-state index in [-0.39, 0.29) is 11.6 Å². The lowest BCUT2D eigenvalue weighted by atomic mass is 10.2. The fraction of sp³-hybridized carbons (Fsp3) is 0.467. The highest BCUT2D eigenvalue weighted by Crippen LogP contribution is 2.29. The van der Waals surface area contributed by atoms with Gasteiger partial charge in [0.05, 0.1) is 11.3 Å². The summed E-state index contributed by atoms with van der Waals surface area (Å²) in [6.45, 7) is 2.83. The van der Waals surface area contributed by atoms with Crippen LogP contribution in [0, 0.1) is 0 Å². The van der Waals surface area contributed by atoms with Crippen molar-refractivity contribution in [2.45, 2.75) is 38.6 Å². The van der Waals surface area contributed by atoms with Crippen LogP contribution in [0.15, 0.2) is 22.7 Å². The van der Waals surface area contributed by atoms with Gasteiger partial charge in [0.2, 0.25) is 0 Å². The van der Waals surface area contributed by atoms with Crippen LogP contribution in [0.2, 0.25) is 0 Å². The molecule has 21 heavy (non-hydrogen) atoms. The zero-order valence-electron chi connectivity index (χ0n) is 11.9. The van der Waals surface area contributed by atoms with Crippen molar-refractivity contribution in [3.8, 4) is 0 Å². The van der Waals surface area contributed by atoms with Crippen molar-refractivity contribution in [3.05, 3.63) is 28.2 Å². The number of unbranched alkanes of at least 4 members (excludes halogenated alkanes) is 1. The maximum absolute atomic E-state index is 12.4. The standard InChI is InChI=1S/C15H19BrN2O3/c1-2-3-8-18(11-5-6-11)15(21)17-13-9-10(14(19)20)4-7-12(13)16/h4,7,9,11H,2-3,5-6,8H2,1H3,(H,17,21)(H,19,20). The molecule has 0 heterocycles. The lowest BCUT2D eigenvalue weighted by Gasteiger charge is -2.23. The van der Waals surface area contributed by atoms with E-state index in [1.54, 1.807) is 6.07 Å². The Bertz CT molecular complexity index is 544. The molecule has 0 radical (unpaired) electrons. The van der Waals surface area contributed by atoms with Gasteiger partial charge < -0.3 is 15.3 Å². The normalized spacial score (nSPS) is 13.8. The van der Waals surface area contributed by atoms with E-state index < -0.39 is 5.97 Å². The predicted octanol–water partition coefficient (Wildman–Crippen LogP) is 3.94. The number of nitrogens with one attached hydrogen (secondary N) is 1. The van der Waals surface area contributed by atoms with Gasteiger partial charge in [0.15, 0.2) is 0 Å². The van der Waals surface area contributed by atoms with Crippen LogP contribution in [0.1, 0.15) is 43.0 Å². The van der Waals surface area contributed by atoms with Crippen LogP contribution < -0.4 is 5.32 Å². The van der Waals surface area contributed by atoms with Crippen molar-refractivity contribution in [1.82, 2.24) is 4.90 Å². The van der Waals surface area contributed by atoms with Gasteiger partial charge >= 0.3 is 12.0 Å². The largest absolute Gasteiger partial charge is 0.478 e. The number of urea groups is 1. The highest BCUT2D eigenvalue weighted by molar-refractivity contribution is 9.10. The summed E-state index contributed by atoms with van der Waals surface area (Å²) in [4.78, 5) is 25.2. The van der Waals surface area contributed by atoms with E-state index in [1.807, 2.05) is 4.90 Å². The first-order chi connectivity index (χ1) is 10.0. The number of aromatic carboxylic acids is 1. The first kappa shape index (κ1) is 15.8. The minimum Gasteiger partial charge on any atom is -0.478 e. The molecule has 114 valence electrons. The van der Waals surface area contributed by atoms with E-state index in [0.29, 0.717) is 16.2 Å². The molecule has 0 spiro atoms. The molecule has 1 aromatic rings. The second-order valence-corrected chi connectivity index (χ2v) is 6.06. The summed E-state index contributed by atoms with van der Waals surface area (Å²) in [5.41, 5.74) is 0.641. The van der Waals surface area contributed by atoms with Gasteiger partial charge in [-0.25, -0.2) is 9.59 Å². The van der Waals surface area contributed by atoms with E-state index in [2.05, 4.69) is 28.2 Å². The first-order valence-corrected chi connectivity index (χ1v) is 7.92. The Morgan fingerprint density at radius 3 is 2.71 bits per heavy atom. The first-order valence-electron chi connectivity index (χ1n) is 7.13. The lowest BCUT2D eigenvalue weighted by molar-refractivity contribution is 0.0697. The molecule has 0 saturated heterocycles. The van der Waals surface area contributed by atoms with Gasteiger partial charge in [-0.2, -0.15) is 0 Å². The SMILES string of the molecule is CCCCN(C(=O)Nc1cc(C(=O)O)ccc1Br)C1CC1. The van der Waals surface area contributed by atoms with Crippen LogP contribution in [-0.2, 0) is 0 Å². The van der Waals surface area contributed by atoms with Crippen LogP contribution >= 0.6 is 15.9 Å². The summed E-state index contributed by atoms with van der Waals surface area (Å²) < 4.78 is 0.673. The summed E-state index contributed by atoms with van der Waals surface area (Å²) in [5, 5.41) is 11.8. The molecule has 1 aromatic carbocycles. The zero-order chi connectivity index (χ0) is 15.4. The molecular formula is C15H19BrN2O3. The third kappa shape index (κ3) is 4.20. The number of carboxylic acids is 1. The molecule has 2 rings (SSSR count). The van der Waals surface area contributed by atoms with Crippen LogP contribution in [0.5, 0.6) is 0 Å². The van der Waals surface area contributed by atoms with E-state index in [0.717, 1.165) is 32.2 Å². The van der Waals surface area contributed by atoms with Gasteiger partial charge in [-0.3, -0.25) is 0 Å². The fourth-order valence-corrected chi connectivity index (χ4v) is 2.45. The minimum atomic E-state index is -1.01. The Kier molecular flexibility index (Phi) is 5.22. The molecule has 0 atom stereocenters. The number of carboxylic acid groups (broad SMARTS) is 1. The highest BCUT2D eigenvalue weighted by Gasteiger charge is 2.32. The number of hydrogen-bond donors (Lipinski definition) is 2.